The molecule has 1 aromatic heterocycles. The Morgan fingerprint density at radius 2 is 2.00 bits per heavy atom. The molecular formula is C23H26N2O5. The topological polar surface area (TPSA) is 84.2 Å². The van der Waals surface area contributed by atoms with E-state index in [1.807, 2.05) is 18.2 Å². The van der Waals surface area contributed by atoms with Gasteiger partial charge in [-0.15, -0.1) is 0 Å². The molecule has 1 fully saturated rings. The van der Waals surface area contributed by atoms with Gasteiger partial charge in [-0.1, -0.05) is 5.92 Å². The van der Waals surface area contributed by atoms with Crippen LogP contribution in [0.1, 0.15) is 43.0 Å². The zero-order valence-corrected chi connectivity index (χ0v) is 17.2. The number of anilines is 1. The van der Waals surface area contributed by atoms with Gasteiger partial charge in [0.25, 0.3) is 5.91 Å². The maximum absolute atomic E-state index is 12.9. The van der Waals surface area contributed by atoms with E-state index in [4.69, 9.17) is 13.9 Å². The van der Waals surface area contributed by atoms with Crippen molar-refractivity contribution in [2.75, 3.05) is 31.6 Å². The van der Waals surface area contributed by atoms with E-state index in [1.165, 1.54) is 0 Å². The molecule has 1 saturated heterocycles. The van der Waals surface area contributed by atoms with Gasteiger partial charge in [-0.05, 0) is 56.9 Å². The molecule has 2 aliphatic rings. The van der Waals surface area contributed by atoms with Crippen molar-refractivity contribution in [1.82, 2.24) is 4.90 Å². The van der Waals surface area contributed by atoms with Gasteiger partial charge >= 0.3 is 0 Å². The van der Waals surface area contributed by atoms with Crippen LogP contribution in [0.25, 0.3) is 0 Å². The van der Waals surface area contributed by atoms with Gasteiger partial charge in [0, 0.05) is 30.9 Å². The average Bonchev–Trinajstić information content (AvgIpc) is 3.20. The summed E-state index contributed by atoms with van der Waals surface area (Å²) in [4.78, 5) is 14.7. The Kier molecular flexibility index (Phi) is 5.60. The van der Waals surface area contributed by atoms with E-state index in [2.05, 4.69) is 17.2 Å². The van der Waals surface area contributed by atoms with Gasteiger partial charge in [-0.2, -0.15) is 0 Å². The number of hydrogen-bond acceptors (Lipinski definition) is 6. The lowest BCUT2D eigenvalue weighted by Crippen LogP contribution is -2.45. The van der Waals surface area contributed by atoms with Crippen LogP contribution in [0.3, 0.4) is 0 Å². The van der Waals surface area contributed by atoms with E-state index in [0.717, 1.165) is 30.0 Å². The number of aliphatic hydroxyl groups is 1. The molecule has 7 nitrogen and oxygen atoms in total. The van der Waals surface area contributed by atoms with Crippen molar-refractivity contribution in [2.24, 2.45) is 0 Å². The smallest absolute Gasteiger partial charge is 0.289 e. The Labute approximate surface area is 176 Å². The number of likely N-dealkylation sites (tertiary alicyclic amines) is 1. The van der Waals surface area contributed by atoms with E-state index >= 15 is 0 Å². The molecule has 158 valence electrons. The molecule has 1 aromatic carbocycles. The number of ether oxygens (including phenoxy) is 2. The van der Waals surface area contributed by atoms with Crippen LogP contribution in [0.5, 0.6) is 11.5 Å². The minimum absolute atomic E-state index is 0.134. The zero-order chi connectivity index (χ0) is 21.1. The van der Waals surface area contributed by atoms with Gasteiger partial charge in [0.15, 0.2) is 23.0 Å². The number of benzene rings is 1. The van der Waals surface area contributed by atoms with Gasteiger partial charge in [-0.3, -0.25) is 4.79 Å². The zero-order valence-electron chi connectivity index (χ0n) is 17.2. The molecule has 2 aliphatic heterocycles. The van der Waals surface area contributed by atoms with E-state index in [9.17, 15) is 9.90 Å². The minimum Gasteiger partial charge on any atom is -0.486 e. The number of carbonyl (C=O) groups excluding carboxylic acids is 1. The van der Waals surface area contributed by atoms with Crippen molar-refractivity contribution in [2.45, 2.75) is 38.3 Å². The number of nitrogens with zero attached hydrogens (tertiary/aromatic N) is 1. The fourth-order valence-electron chi connectivity index (χ4n) is 3.54. The van der Waals surface area contributed by atoms with Crippen LogP contribution < -0.4 is 14.8 Å². The Bertz CT molecular complexity index is 979. The van der Waals surface area contributed by atoms with Gasteiger partial charge < -0.3 is 29.2 Å². The third-order valence-corrected chi connectivity index (χ3v) is 4.93. The molecule has 30 heavy (non-hydrogen) atoms. The van der Waals surface area contributed by atoms with Crippen molar-refractivity contribution in [3.8, 4) is 23.3 Å². The van der Waals surface area contributed by atoms with E-state index < -0.39 is 5.60 Å². The monoisotopic (exact) mass is 410 g/mol. The van der Waals surface area contributed by atoms with Crippen molar-refractivity contribution in [3.05, 3.63) is 41.9 Å². The maximum Gasteiger partial charge on any atom is 0.289 e. The molecule has 0 spiro atoms. The Morgan fingerprint density at radius 3 is 2.80 bits per heavy atom. The summed E-state index contributed by atoms with van der Waals surface area (Å²) in [6.45, 7) is 5.57. The largest absolute Gasteiger partial charge is 0.486 e. The molecule has 0 aliphatic carbocycles. The van der Waals surface area contributed by atoms with Crippen molar-refractivity contribution in [3.63, 3.8) is 0 Å². The van der Waals surface area contributed by atoms with E-state index in [1.54, 1.807) is 30.9 Å². The molecule has 1 amide bonds. The number of nitrogens with one attached hydrogen (secondary N) is 1. The highest BCUT2D eigenvalue weighted by atomic mass is 16.6. The third-order valence-electron chi connectivity index (χ3n) is 4.93. The molecule has 1 atom stereocenters. The van der Waals surface area contributed by atoms with Gasteiger partial charge in [0.05, 0.1) is 0 Å². The number of fused-ring (bicyclic) bond motifs is 1. The molecule has 3 heterocycles. The van der Waals surface area contributed by atoms with Crippen molar-refractivity contribution in [1.29, 1.82) is 0 Å². The first-order chi connectivity index (χ1) is 14.4. The van der Waals surface area contributed by atoms with Gasteiger partial charge in [0.2, 0.25) is 0 Å². The second kappa shape index (κ2) is 8.33. The standard InChI is InChI=1S/C23H26N2O5/c1-23(2,27)10-9-18-6-8-20(30-18)22(26)25-11-3-4-17(15-25)24-16-5-7-19-21(14-16)29-13-12-28-19/h5-8,14,17,24,27H,3-4,11-13,15H2,1-2H3. The highest BCUT2D eigenvalue weighted by Gasteiger charge is 2.26. The number of rotatable bonds is 3. The highest BCUT2D eigenvalue weighted by Crippen LogP contribution is 2.33. The fourth-order valence-corrected chi connectivity index (χ4v) is 3.54. The molecule has 0 radical (unpaired) electrons. The quantitative estimate of drug-likeness (QED) is 0.757. The summed E-state index contributed by atoms with van der Waals surface area (Å²) in [5.41, 5.74) is -0.169. The van der Waals surface area contributed by atoms with Crippen LogP contribution in [-0.2, 0) is 0 Å². The number of furan rings is 1. The molecule has 2 aromatic rings. The van der Waals surface area contributed by atoms with Crippen LogP contribution >= 0.6 is 0 Å². The predicted molar refractivity (Wildman–Crippen MR) is 112 cm³/mol. The summed E-state index contributed by atoms with van der Waals surface area (Å²) >= 11 is 0. The maximum atomic E-state index is 12.9. The lowest BCUT2D eigenvalue weighted by atomic mass is 10.0. The SMILES string of the molecule is CC(C)(O)C#Cc1ccc(C(=O)N2CCCC(Nc3ccc4c(c3)OCCO4)C2)o1. The number of hydrogen-bond donors (Lipinski definition) is 2. The van der Waals surface area contributed by atoms with Gasteiger partial charge in [-0.25, -0.2) is 0 Å². The summed E-state index contributed by atoms with van der Waals surface area (Å²) in [5.74, 6) is 7.41. The summed E-state index contributed by atoms with van der Waals surface area (Å²) < 4.78 is 16.8. The van der Waals surface area contributed by atoms with Crippen LogP contribution in [0.15, 0.2) is 34.7 Å². The first-order valence-electron chi connectivity index (χ1n) is 10.2. The summed E-state index contributed by atoms with van der Waals surface area (Å²) in [6.07, 6.45) is 1.87. The van der Waals surface area contributed by atoms with Gasteiger partial charge in [0.1, 0.15) is 18.8 Å². The lowest BCUT2D eigenvalue weighted by molar-refractivity contribution is 0.0682. The van der Waals surface area contributed by atoms with Crippen LogP contribution in [0.4, 0.5) is 5.69 Å². The molecule has 2 N–H and O–H groups in total. The van der Waals surface area contributed by atoms with Crippen molar-refractivity contribution < 1.29 is 23.8 Å². The molecule has 1 unspecified atom stereocenters. The lowest BCUT2D eigenvalue weighted by Gasteiger charge is -2.33. The number of amides is 1. The second-order valence-corrected chi connectivity index (χ2v) is 8.07. The molecule has 4 rings (SSSR count). The fraction of sp³-hybridized carbons (Fsp3) is 0.435. The van der Waals surface area contributed by atoms with Crippen LogP contribution in [0, 0.1) is 11.8 Å². The van der Waals surface area contributed by atoms with Crippen LogP contribution in [0.2, 0.25) is 0 Å². The molecule has 0 bridgehead atoms. The normalized spacial score (nSPS) is 18.4. The van der Waals surface area contributed by atoms with Crippen LogP contribution in [-0.4, -0.2) is 53.9 Å². The number of carbonyl (C=O) groups is 1. The minimum atomic E-state index is -1.11. The highest BCUT2D eigenvalue weighted by molar-refractivity contribution is 5.91. The van der Waals surface area contributed by atoms with E-state index in [0.29, 0.717) is 32.1 Å². The molecule has 7 heteroatoms. The van der Waals surface area contributed by atoms with Crippen molar-refractivity contribution >= 4 is 11.6 Å². The Morgan fingerprint density at radius 1 is 1.20 bits per heavy atom. The summed E-state index contributed by atoms with van der Waals surface area (Å²) in [7, 11) is 0. The molecule has 0 saturated carbocycles. The average molecular weight is 410 g/mol. The third kappa shape index (κ3) is 4.89. The Balaban J connectivity index is 1.39. The second-order valence-electron chi connectivity index (χ2n) is 8.07. The molecular weight excluding hydrogens is 384 g/mol. The predicted octanol–water partition coefficient (Wildman–Crippen LogP) is 2.89. The summed E-state index contributed by atoms with van der Waals surface area (Å²) in [5, 5.41) is 13.2. The summed E-state index contributed by atoms with van der Waals surface area (Å²) in [6, 6.07) is 9.23. The Hall–Kier alpha value is -3.11. The first-order valence-corrected chi connectivity index (χ1v) is 10.2. The number of piperidine rings is 1. The van der Waals surface area contributed by atoms with E-state index in [-0.39, 0.29) is 17.7 Å². The first kappa shape index (κ1) is 20.2.